The van der Waals surface area contributed by atoms with Gasteiger partial charge in [-0.15, -0.1) is 0 Å². The van der Waals surface area contributed by atoms with Crippen LogP contribution >= 0.6 is 0 Å². The summed E-state index contributed by atoms with van der Waals surface area (Å²) >= 11 is 0. The summed E-state index contributed by atoms with van der Waals surface area (Å²) in [4.78, 5) is 11.6. The lowest BCUT2D eigenvalue weighted by atomic mass is 10.1. The van der Waals surface area contributed by atoms with Gasteiger partial charge in [-0.3, -0.25) is 4.79 Å². The van der Waals surface area contributed by atoms with Crippen molar-refractivity contribution in [1.29, 1.82) is 0 Å². The Balaban J connectivity index is 1.56. The van der Waals surface area contributed by atoms with Crippen molar-refractivity contribution in [1.82, 2.24) is 5.32 Å². The highest BCUT2D eigenvalue weighted by atomic mass is 16.5. The van der Waals surface area contributed by atoms with Crippen LogP contribution in [0.15, 0.2) is 72.5 Å². The summed E-state index contributed by atoms with van der Waals surface area (Å²) in [5, 5.41) is 2.94. The monoisotopic (exact) mass is 293 g/mol. The molecule has 0 bridgehead atoms. The van der Waals surface area contributed by atoms with Crippen molar-refractivity contribution in [3.8, 4) is 0 Å². The number of carbonyl (C=O) groups excluding carboxylic acids is 1. The number of benzene rings is 2. The zero-order valence-electron chi connectivity index (χ0n) is 12.4. The fourth-order valence-corrected chi connectivity index (χ4v) is 2.59. The molecule has 0 unspecified atom stereocenters. The van der Waals surface area contributed by atoms with Crippen molar-refractivity contribution in [2.75, 3.05) is 6.61 Å². The van der Waals surface area contributed by atoms with E-state index in [1.54, 1.807) is 6.08 Å². The quantitative estimate of drug-likeness (QED) is 0.889. The van der Waals surface area contributed by atoms with Crippen LogP contribution in [0.2, 0.25) is 0 Å². The van der Waals surface area contributed by atoms with Gasteiger partial charge in [-0.2, -0.15) is 0 Å². The van der Waals surface area contributed by atoms with E-state index in [4.69, 9.17) is 4.74 Å². The Bertz CT molecular complexity index is 650. The molecule has 1 aliphatic heterocycles. The lowest BCUT2D eigenvalue weighted by Crippen LogP contribution is -2.31. The molecular formula is C19H19NO2. The highest BCUT2D eigenvalue weighted by Crippen LogP contribution is 2.16. The summed E-state index contributed by atoms with van der Waals surface area (Å²) in [7, 11) is 0. The Kier molecular flexibility index (Phi) is 4.54. The van der Waals surface area contributed by atoms with E-state index in [2.05, 4.69) is 29.6 Å². The molecule has 3 rings (SSSR count). The molecule has 0 saturated heterocycles. The molecule has 22 heavy (non-hydrogen) atoms. The van der Waals surface area contributed by atoms with Crippen LogP contribution < -0.4 is 5.32 Å². The SMILES string of the molecule is O=C1C=C(OCCc2ccccc2)[C@H](Cc2ccccc2)N1. The fraction of sp³-hybridized carbons (Fsp3) is 0.211. The lowest BCUT2D eigenvalue weighted by molar-refractivity contribution is -0.116. The van der Waals surface area contributed by atoms with Gasteiger partial charge >= 0.3 is 0 Å². The number of nitrogens with one attached hydrogen (secondary N) is 1. The van der Waals surface area contributed by atoms with Crippen molar-refractivity contribution in [3.63, 3.8) is 0 Å². The molecule has 2 aromatic rings. The molecule has 0 aliphatic carbocycles. The van der Waals surface area contributed by atoms with Gasteiger partial charge in [0, 0.05) is 12.5 Å². The van der Waals surface area contributed by atoms with Crippen LogP contribution in [0.4, 0.5) is 0 Å². The van der Waals surface area contributed by atoms with E-state index in [0.717, 1.165) is 18.6 Å². The summed E-state index contributed by atoms with van der Waals surface area (Å²) in [6.45, 7) is 0.579. The molecule has 3 heteroatoms. The Hall–Kier alpha value is -2.55. The van der Waals surface area contributed by atoms with Gasteiger partial charge < -0.3 is 10.1 Å². The van der Waals surface area contributed by atoms with E-state index in [1.165, 1.54) is 11.1 Å². The Labute approximate surface area is 130 Å². The third-order valence-electron chi connectivity index (χ3n) is 3.72. The highest BCUT2D eigenvalue weighted by molar-refractivity contribution is 5.91. The highest BCUT2D eigenvalue weighted by Gasteiger charge is 2.25. The number of rotatable bonds is 6. The first-order valence-electron chi connectivity index (χ1n) is 7.54. The Morgan fingerprint density at radius 2 is 1.55 bits per heavy atom. The van der Waals surface area contributed by atoms with Gasteiger partial charge in [0.2, 0.25) is 5.91 Å². The molecule has 1 atom stereocenters. The molecule has 0 radical (unpaired) electrons. The van der Waals surface area contributed by atoms with E-state index in [9.17, 15) is 4.79 Å². The summed E-state index contributed by atoms with van der Waals surface area (Å²) in [5.41, 5.74) is 2.42. The molecular weight excluding hydrogens is 274 g/mol. The number of hydrogen-bond donors (Lipinski definition) is 1. The van der Waals surface area contributed by atoms with Crippen molar-refractivity contribution in [3.05, 3.63) is 83.6 Å². The minimum absolute atomic E-state index is 0.0642. The van der Waals surface area contributed by atoms with Crippen LogP contribution in [0.25, 0.3) is 0 Å². The van der Waals surface area contributed by atoms with Crippen molar-refractivity contribution < 1.29 is 9.53 Å². The Morgan fingerprint density at radius 1 is 0.909 bits per heavy atom. The first-order chi connectivity index (χ1) is 10.8. The van der Waals surface area contributed by atoms with Gasteiger partial charge in [-0.25, -0.2) is 0 Å². The van der Waals surface area contributed by atoms with Crippen LogP contribution in [-0.2, 0) is 22.4 Å². The molecule has 0 saturated carbocycles. The van der Waals surface area contributed by atoms with Crippen LogP contribution in [0.5, 0.6) is 0 Å². The van der Waals surface area contributed by atoms with Crippen molar-refractivity contribution >= 4 is 5.91 Å². The van der Waals surface area contributed by atoms with E-state index in [-0.39, 0.29) is 11.9 Å². The Morgan fingerprint density at radius 3 is 2.23 bits per heavy atom. The van der Waals surface area contributed by atoms with Gasteiger partial charge in [0.25, 0.3) is 0 Å². The zero-order valence-corrected chi connectivity index (χ0v) is 12.4. The maximum absolute atomic E-state index is 11.6. The minimum atomic E-state index is -0.0735. The average Bonchev–Trinajstić information content (AvgIpc) is 2.89. The first-order valence-corrected chi connectivity index (χ1v) is 7.54. The summed E-state index contributed by atoms with van der Waals surface area (Å²) in [5.74, 6) is 0.667. The molecule has 0 aromatic heterocycles. The fourth-order valence-electron chi connectivity index (χ4n) is 2.59. The number of hydrogen-bond acceptors (Lipinski definition) is 2. The zero-order chi connectivity index (χ0) is 15.2. The maximum atomic E-state index is 11.6. The predicted octanol–water partition coefficient (Wildman–Crippen LogP) is 2.87. The molecule has 1 amide bonds. The van der Waals surface area contributed by atoms with Crippen molar-refractivity contribution in [2.45, 2.75) is 18.9 Å². The van der Waals surface area contributed by atoms with Crippen LogP contribution in [-0.4, -0.2) is 18.6 Å². The second-order valence-corrected chi connectivity index (χ2v) is 5.38. The number of ether oxygens (including phenoxy) is 1. The van der Waals surface area contributed by atoms with Gasteiger partial charge in [0.15, 0.2) is 0 Å². The van der Waals surface area contributed by atoms with Crippen LogP contribution in [0, 0.1) is 0 Å². The van der Waals surface area contributed by atoms with E-state index in [0.29, 0.717) is 6.61 Å². The molecule has 112 valence electrons. The molecule has 0 fully saturated rings. The van der Waals surface area contributed by atoms with Gasteiger partial charge in [-0.05, 0) is 17.5 Å². The molecule has 1 aliphatic rings. The lowest BCUT2D eigenvalue weighted by Gasteiger charge is -2.16. The number of carbonyl (C=O) groups is 1. The van der Waals surface area contributed by atoms with E-state index < -0.39 is 0 Å². The van der Waals surface area contributed by atoms with E-state index in [1.807, 2.05) is 36.4 Å². The smallest absolute Gasteiger partial charge is 0.248 e. The standard InChI is InChI=1S/C19H19NO2/c21-19-14-18(22-12-11-15-7-3-1-4-8-15)17(20-19)13-16-9-5-2-6-10-16/h1-10,14,17H,11-13H2,(H,20,21)/t17-/m0/s1. The second-order valence-electron chi connectivity index (χ2n) is 5.38. The van der Waals surface area contributed by atoms with Crippen molar-refractivity contribution in [2.24, 2.45) is 0 Å². The predicted molar refractivity (Wildman–Crippen MR) is 86.3 cm³/mol. The normalized spacial score (nSPS) is 17.0. The number of amides is 1. The summed E-state index contributed by atoms with van der Waals surface area (Å²) in [6.07, 6.45) is 3.16. The van der Waals surface area contributed by atoms with Gasteiger partial charge in [0.1, 0.15) is 5.76 Å². The maximum Gasteiger partial charge on any atom is 0.248 e. The van der Waals surface area contributed by atoms with Gasteiger partial charge in [-0.1, -0.05) is 60.7 Å². The molecule has 1 N–H and O–H groups in total. The topological polar surface area (TPSA) is 38.3 Å². The van der Waals surface area contributed by atoms with E-state index >= 15 is 0 Å². The molecule has 0 spiro atoms. The first kappa shape index (κ1) is 14.4. The molecule has 1 heterocycles. The third kappa shape index (κ3) is 3.76. The van der Waals surface area contributed by atoms with Crippen LogP contribution in [0.3, 0.4) is 0 Å². The van der Waals surface area contributed by atoms with Gasteiger partial charge in [0.05, 0.1) is 12.6 Å². The average molecular weight is 293 g/mol. The minimum Gasteiger partial charge on any atom is -0.495 e. The summed E-state index contributed by atoms with van der Waals surface area (Å²) < 4.78 is 5.84. The molecule has 3 nitrogen and oxygen atoms in total. The second kappa shape index (κ2) is 6.94. The third-order valence-corrected chi connectivity index (χ3v) is 3.72. The largest absolute Gasteiger partial charge is 0.495 e. The van der Waals surface area contributed by atoms with Crippen LogP contribution in [0.1, 0.15) is 11.1 Å². The summed E-state index contributed by atoms with van der Waals surface area (Å²) in [6, 6.07) is 20.3. The molecule has 2 aromatic carbocycles.